The second-order valence-electron chi connectivity index (χ2n) is 5.37. The highest BCUT2D eigenvalue weighted by Gasteiger charge is 2.28. The number of piperidine rings is 1. The van der Waals surface area contributed by atoms with E-state index >= 15 is 0 Å². The first kappa shape index (κ1) is 11.3. The standard InChI is InChI=1S/C13H18ClN3/c1-9-3-2-6-17(8-9)12-7-11(14)15-13(16-12)10-4-5-10/h7,9-10H,2-6,8H2,1H3/t9-/m0/s1. The molecule has 0 unspecified atom stereocenters. The molecule has 0 radical (unpaired) electrons. The molecule has 1 aromatic rings. The van der Waals surface area contributed by atoms with Crippen LogP contribution in [0.2, 0.25) is 5.15 Å². The Bertz CT molecular complexity index is 417. The topological polar surface area (TPSA) is 29.0 Å². The largest absolute Gasteiger partial charge is 0.356 e. The van der Waals surface area contributed by atoms with Crippen LogP contribution >= 0.6 is 11.6 Å². The molecule has 2 aliphatic rings. The Kier molecular flexibility index (Phi) is 2.95. The van der Waals surface area contributed by atoms with Crippen LogP contribution in [0.1, 0.15) is 44.3 Å². The zero-order valence-electron chi connectivity index (χ0n) is 10.2. The lowest BCUT2D eigenvalue weighted by atomic mass is 10.0. The van der Waals surface area contributed by atoms with Crippen molar-refractivity contribution in [1.82, 2.24) is 9.97 Å². The van der Waals surface area contributed by atoms with E-state index in [0.29, 0.717) is 11.1 Å². The molecule has 92 valence electrons. The van der Waals surface area contributed by atoms with Crippen LogP contribution in [0.25, 0.3) is 0 Å². The van der Waals surface area contributed by atoms with Crippen LogP contribution in [-0.4, -0.2) is 23.1 Å². The highest BCUT2D eigenvalue weighted by molar-refractivity contribution is 6.29. The van der Waals surface area contributed by atoms with Crippen molar-refractivity contribution in [2.24, 2.45) is 5.92 Å². The number of nitrogens with zero attached hydrogens (tertiary/aromatic N) is 3. The summed E-state index contributed by atoms with van der Waals surface area (Å²) in [6.45, 7) is 4.50. The molecule has 0 aromatic carbocycles. The third-order valence-corrected chi connectivity index (χ3v) is 3.82. The second kappa shape index (κ2) is 4.45. The molecule has 2 fully saturated rings. The van der Waals surface area contributed by atoms with Gasteiger partial charge in [0.2, 0.25) is 0 Å². The fourth-order valence-corrected chi connectivity index (χ4v) is 2.69. The van der Waals surface area contributed by atoms with Gasteiger partial charge in [0, 0.05) is 25.1 Å². The molecular formula is C13H18ClN3. The Morgan fingerprint density at radius 3 is 2.82 bits per heavy atom. The first-order chi connectivity index (χ1) is 8.22. The normalized spacial score (nSPS) is 25.1. The molecule has 2 heterocycles. The molecule has 17 heavy (non-hydrogen) atoms. The minimum absolute atomic E-state index is 0.565. The third kappa shape index (κ3) is 2.54. The molecule has 0 spiro atoms. The molecule has 0 bridgehead atoms. The van der Waals surface area contributed by atoms with Crippen molar-refractivity contribution in [3.8, 4) is 0 Å². The maximum Gasteiger partial charge on any atom is 0.135 e. The van der Waals surface area contributed by atoms with Crippen molar-refractivity contribution < 1.29 is 0 Å². The van der Waals surface area contributed by atoms with E-state index in [4.69, 9.17) is 11.6 Å². The van der Waals surface area contributed by atoms with Crippen molar-refractivity contribution in [2.45, 2.75) is 38.5 Å². The van der Waals surface area contributed by atoms with Crippen molar-refractivity contribution in [2.75, 3.05) is 18.0 Å². The summed E-state index contributed by atoms with van der Waals surface area (Å²) in [5, 5.41) is 0.593. The van der Waals surface area contributed by atoms with Gasteiger partial charge in [-0.05, 0) is 31.6 Å². The molecule has 4 heteroatoms. The molecular weight excluding hydrogens is 234 g/mol. The number of anilines is 1. The van der Waals surface area contributed by atoms with Crippen LogP contribution in [0.3, 0.4) is 0 Å². The monoisotopic (exact) mass is 251 g/mol. The summed E-state index contributed by atoms with van der Waals surface area (Å²) in [7, 11) is 0. The highest BCUT2D eigenvalue weighted by atomic mass is 35.5. The molecule has 0 amide bonds. The molecule has 1 aromatic heterocycles. The smallest absolute Gasteiger partial charge is 0.135 e. The Balaban J connectivity index is 1.85. The number of halogens is 1. The van der Waals surface area contributed by atoms with Gasteiger partial charge < -0.3 is 4.90 Å². The van der Waals surface area contributed by atoms with Gasteiger partial charge >= 0.3 is 0 Å². The van der Waals surface area contributed by atoms with Gasteiger partial charge in [-0.1, -0.05) is 18.5 Å². The maximum absolute atomic E-state index is 6.10. The van der Waals surface area contributed by atoms with Crippen LogP contribution in [0.4, 0.5) is 5.82 Å². The Morgan fingerprint density at radius 2 is 2.12 bits per heavy atom. The Morgan fingerprint density at radius 1 is 1.29 bits per heavy atom. The van der Waals surface area contributed by atoms with Crippen LogP contribution < -0.4 is 4.90 Å². The summed E-state index contributed by atoms with van der Waals surface area (Å²) in [6, 6.07) is 1.91. The van der Waals surface area contributed by atoms with E-state index in [1.54, 1.807) is 0 Å². The SMILES string of the molecule is C[C@H]1CCCN(c2cc(Cl)nc(C3CC3)n2)C1. The Hall–Kier alpha value is -0.830. The Labute approximate surface area is 107 Å². The van der Waals surface area contributed by atoms with E-state index < -0.39 is 0 Å². The fraction of sp³-hybridized carbons (Fsp3) is 0.692. The van der Waals surface area contributed by atoms with Gasteiger partial charge in [0.25, 0.3) is 0 Å². The van der Waals surface area contributed by atoms with Crippen LogP contribution in [0, 0.1) is 5.92 Å². The summed E-state index contributed by atoms with van der Waals surface area (Å²) in [5.74, 6) is 3.29. The molecule has 1 atom stereocenters. The summed E-state index contributed by atoms with van der Waals surface area (Å²) >= 11 is 6.10. The van der Waals surface area contributed by atoms with Gasteiger partial charge in [-0.3, -0.25) is 0 Å². The lowest BCUT2D eigenvalue weighted by Gasteiger charge is -2.32. The van der Waals surface area contributed by atoms with Crippen LogP contribution in [0.15, 0.2) is 6.07 Å². The van der Waals surface area contributed by atoms with Gasteiger partial charge in [-0.25, -0.2) is 9.97 Å². The first-order valence-electron chi connectivity index (χ1n) is 6.52. The van der Waals surface area contributed by atoms with Gasteiger partial charge in [-0.15, -0.1) is 0 Å². The highest BCUT2D eigenvalue weighted by Crippen LogP contribution is 2.39. The summed E-state index contributed by atoms with van der Waals surface area (Å²) in [6.07, 6.45) is 5.01. The molecule has 3 rings (SSSR count). The number of hydrogen-bond donors (Lipinski definition) is 0. The number of hydrogen-bond acceptors (Lipinski definition) is 3. The minimum atomic E-state index is 0.565. The van der Waals surface area contributed by atoms with Crippen molar-refractivity contribution in [3.05, 3.63) is 17.0 Å². The third-order valence-electron chi connectivity index (χ3n) is 3.62. The maximum atomic E-state index is 6.10. The van der Waals surface area contributed by atoms with Gasteiger partial charge in [-0.2, -0.15) is 0 Å². The zero-order valence-corrected chi connectivity index (χ0v) is 11.0. The van der Waals surface area contributed by atoms with E-state index in [1.807, 2.05) is 6.07 Å². The summed E-state index contributed by atoms with van der Waals surface area (Å²) < 4.78 is 0. The quantitative estimate of drug-likeness (QED) is 0.756. The van der Waals surface area contributed by atoms with Crippen molar-refractivity contribution >= 4 is 17.4 Å². The van der Waals surface area contributed by atoms with Crippen LogP contribution in [-0.2, 0) is 0 Å². The molecule has 1 aliphatic heterocycles. The van der Waals surface area contributed by atoms with Crippen molar-refractivity contribution in [3.63, 3.8) is 0 Å². The van der Waals surface area contributed by atoms with Crippen LogP contribution in [0.5, 0.6) is 0 Å². The average molecular weight is 252 g/mol. The van der Waals surface area contributed by atoms with E-state index in [9.17, 15) is 0 Å². The number of aromatic nitrogens is 2. The molecule has 3 nitrogen and oxygen atoms in total. The lowest BCUT2D eigenvalue weighted by molar-refractivity contribution is 0.444. The predicted molar refractivity (Wildman–Crippen MR) is 69.6 cm³/mol. The van der Waals surface area contributed by atoms with E-state index in [2.05, 4.69) is 21.8 Å². The van der Waals surface area contributed by atoms with Gasteiger partial charge in [0.05, 0.1) is 0 Å². The molecule has 1 saturated heterocycles. The van der Waals surface area contributed by atoms with E-state index in [-0.39, 0.29) is 0 Å². The second-order valence-corrected chi connectivity index (χ2v) is 5.76. The minimum Gasteiger partial charge on any atom is -0.356 e. The fourth-order valence-electron chi connectivity index (χ4n) is 2.51. The molecule has 1 aliphatic carbocycles. The first-order valence-corrected chi connectivity index (χ1v) is 6.89. The van der Waals surface area contributed by atoms with E-state index in [1.165, 1.54) is 25.7 Å². The molecule has 1 saturated carbocycles. The van der Waals surface area contributed by atoms with E-state index in [0.717, 1.165) is 30.6 Å². The summed E-state index contributed by atoms with van der Waals surface area (Å²) in [5.41, 5.74) is 0. The predicted octanol–water partition coefficient (Wildman–Crippen LogP) is 3.24. The van der Waals surface area contributed by atoms with Gasteiger partial charge in [0.15, 0.2) is 0 Å². The zero-order chi connectivity index (χ0) is 11.8. The summed E-state index contributed by atoms with van der Waals surface area (Å²) in [4.78, 5) is 11.4. The van der Waals surface area contributed by atoms with Gasteiger partial charge in [0.1, 0.15) is 16.8 Å². The molecule has 0 N–H and O–H groups in total. The van der Waals surface area contributed by atoms with Crippen molar-refractivity contribution in [1.29, 1.82) is 0 Å². The lowest BCUT2D eigenvalue weighted by Crippen LogP contribution is -2.35. The average Bonchev–Trinajstić information content (AvgIpc) is 3.12. The number of rotatable bonds is 2.